The number of piperazine rings is 1. The van der Waals surface area contributed by atoms with Crippen molar-refractivity contribution in [3.63, 3.8) is 0 Å². The zero-order chi connectivity index (χ0) is 17.6. The van der Waals surface area contributed by atoms with Gasteiger partial charge >= 0.3 is 5.69 Å². The fraction of sp³-hybridized carbons (Fsp3) is 0.571. The molecule has 0 unspecified atom stereocenters. The fourth-order valence-corrected chi connectivity index (χ4v) is 3.59. The molecule has 2 rings (SSSR count). The van der Waals surface area contributed by atoms with Crippen molar-refractivity contribution >= 4 is 40.5 Å². The van der Waals surface area contributed by atoms with E-state index in [9.17, 15) is 18.5 Å². The van der Waals surface area contributed by atoms with E-state index in [4.69, 9.17) is 4.74 Å². The monoisotopic (exact) mass is 430 g/mol. The summed E-state index contributed by atoms with van der Waals surface area (Å²) >= 11 is 0. The lowest BCUT2D eigenvalue weighted by molar-refractivity contribution is -0.385. The summed E-state index contributed by atoms with van der Waals surface area (Å²) in [5.74, 6) is -0.0799. The number of nitro benzene ring substituents is 1. The number of nitrogens with one attached hydrogen (secondary N) is 2. The highest BCUT2D eigenvalue weighted by molar-refractivity contribution is 7.89. The molecule has 0 aliphatic carbocycles. The van der Waals surface area contributed by atoms with E-state index in [2.05, 4.69) is 14.9 Å². The molecule has 1 fully saturated rings. The summed E-state index contributed by atoms with van der Waals surface area (Å²) in [4.78, 5) is 12.5. The smallest absolute Gasteiger partial charge is 0.310 e. The van der Waals surface area contributed by atoms with Crippen LogP contribution in [0.1, 0.15) is 6.42 Å². The molecule has 0 atom stereocenters. The Kier molecular flexibility index (Phi) is 11.0. The van der Waals surface area contributed by atoms with Crippen LogP contribution in [0.5, 0.6) is 5.75 Å². The average molecular weight is 431 g/mol. The Morgan fingerprint density at radius 1 is 1.31 bits per heavy atom. The van der Waals surface area contributed by atoms with Gasteiger partial charge in [0.15, 0.2) is 5.75 Å². The number of halogens is 2. The van der Waals surface area contributed by atoms with Gasteiger partial charge in [0.05, 0.1) is 16.9 Å². The molecule has 1 heterocycles. The number of nitrogens with zero attached hydrogens (tertiary/aromatic N) is 2. The number of benzene rings is 1. The van der Waals surface area contributed by atoms with Crippen molar-refractivity contribution in [2.24, 2.45) is 0 Å². The topological polar surface area (TPSA) is 114 Å². The number of nitro groups is 1. The quantitative estimate of drug-likeness (QED) is 0.359. The van der Waals surface area contributed by atoms with Crippen LogP contribution in [0.2, 0.25) is 0 Å². The minimum atomic E-state index is -3.72. The van der Waals surface area contributed by atoms with Gasteiger partial charge in [0.25, 0.3) is 0 Å². The molecule has 1 saturated heterocycles. The molecule has 9 nitrogen and oxygen atoms in total. The van der Waals surface area contributed by atoms with Crippen LogP contribution in [0.3, 0.4) is 0 Å². The van der Waals surface area contributed by atoms with E-state index in [0.29, 0.717) is 13.0 Å². The molecule has 0 bridgehead atoms. The third-order valence-electron chi connectivity index (χ3n) is 3.81. The summed E-state index contributed by atoms with van der Waals surface area (Å²) in [7, 11) is -2.46. The maximum atomic E-state index is 12.3. The molecular formula is C14H24Cl2N4O5S. The molecular weight excluding hydrogens is 407 g/mol. The first-order valence-corrected chi connectivity index (χ1v) is 9.17. The minimum absolute atomic E-state index is 0. The molecule has 0 radical (unpaired) electrons. The second-order valence-corrected chi connectivity index (χ2v) is 7.20. The first-order valence-electron chi connectivity index (χ1n) is 7.69. The van der Waals surface area contributed by atoms with E-state index in [1.165, 1.54) is 13.2 Å². The zero-order valence-electron chi connectivity index (χ0n) is 14.3. The second-order valence-electron chi connectivity index (χ2n) is 5.43. The summed E-state index contributed by atoms with van der Waals surface area (Å²) in [6.07, 6.45) is 0.698. The molecule has 1 aromatic rings. The number of methoxy groups -OCH3 is 1. The van der Waals surface area contributed by atoms with Gasteiger partial charge in [-0.1, -0.05) is 0 Å². The van der Waals surface area contributed by atoms with Crippen LogP contribution in [-0.2, 0) is 10.0 Å². The number of hydrogen-bond donors (Lipinski definition) is 2. The first kappa shape index (κ1) is 24.8. The SMILES string of the molecule is COc1cc(S(=O)(=O)NCCCN2CCNCC2)ccc1[N+](=O)[O-].Cl.Cl. The maximum Gasteiger partial charge on any atom is 0.310 e. The lowest BCUT2D eigenvalue weighted by Gasteiger charge is -2.27. The molecule has 12 heteroatoms. The van der Waals surface area contributed by atoms with Gasteiger partial charge in [-0.3, -0.25) is 10.1 Å². The first-order chi connectivity index (χ1) is 11.4. The van der Waals surface area contributed by atoms with Crippen LogP contribution in [-0.4, -0.2) is 64.6 Å². The normalized spacial score (nSPS) is 14.8. The molecule has 2 N–H and O–H groups in total. The predicted octanol–water partition coefficient (Wildman–Crippen LogP) is 1.02. The van der Waals surface area contributed by atoms with Crippen LogP contribution in [0, 0.1) is 10.1 Å². The summed E-state index contributed by atoms with van der Waals surface area (Å²) in [5, 5.41) is 14.1. The number of rotatable bonds is 8. The zero-order valence-corrected chi connectivity index (χ0v) is 16.8. The lowest BCUT2D eigenvalue weighted by Crippen LogP contribution is -2.44. The fourth-order valence-electron chi connectivity index (χ4n) is 2.50. The Morgan fingerprint density at radius 3 is 2.54 bits per heavy atom. The summed E-state index contributed by atoms with van der Waals surface area (Å²) < 4.78 is 32.0. The Balaban J connectivity index is 0.00000312. The van der Waals surface area contributed by atoms with E-state index in [-0.39, 0.29) is 41.1 Å². The number of ether oxygens (including phenoxy) is 1. The second kappa shape index (κ2) is 11.5. The molecule has 1 aromatic carbocycles. The van der Waals surface area contributed by atoms with E-state index >= 15 is 0 Å². The highest BCUT2D eigenvalue weighted by Gasteiger charge is 2.21. The van der Waals surface area contributed by atoms with Crippen LogP contribution in [0.25, 0.3) is 0 Å². The van der Waals surface area contributed by atoms with E-state index < -0.39 is 14.9 Å². The molecule has 26 heavy (non-hydrogen) atoms. The van der Waals surface area contributed by atoms with Crippen molar-refractivity contribution < 1.29 is 18.1 Å². The van der Waals surface area contributed by atoms with Gasteiger partial charge < -0.3 is 15.0 Å². The molecule has 0 saturated carbocycles. The summed E-state index contributed by atoms with van der Waals surface area (Å²) in [6, 6.07) is 3.50. The average Bonchev–Trinajstić information content (AvgIpc) is 2.59. The van der Waals surface area contributed by atoms with Gasteiger partial charge in [0.1, 0.15) is 0 Å². The van der Waals surface area contributed by atoms with Crippen molar-refractivity contribution in [3.8, 4) is 5.75 Å². The summed E-state index contributed by atoms with van der Waals surface area (Å²) in [5.41, 5.74) is -0.268. The van der Waals surface area contributed by atoms with Gasteiger partial charge in [-0.15, -0.1) is 24.8 Å². The van der Waals surface area contributed by atoms with E-state index in [0.717, 1.165) is 44.9 Å². The molecule has 0 aromatic heterocycles. The third-order valence-corrected chi connectivity index (χ3v) is 5.27. The van der Waals surface area contributed by atoms with Crippen molar-refractivity contribution in [1.82, 2.24) is 14.9 Å². The van der Waals surface area contributed by atoms with Gasteiger partial charge in [0.2, 0.25) is 10.0 Å². The van der Waals surface area contributed by atoms with Gasteiger partial charge in [-0.2, -0.15) is 0 Å². The van der Waals surface area contributed by atoms with Crippen LogP contribution in [0.15, 0.2) is 23.1 Å². The molecule has 0 spiro atoms. The van der Waals surface area contributed by atoms with Crippen molar-refractivity contribution in [2.45, 2.75) is 11.3 Å². The molecule has 0 amide bonds. The Morgan fingerprint density at radius 2 is 1.96 bits per heavy atom. The van der Waals surface area contributed by atoms with E-state index in [1.54, 1.807) is 0 Å². The maximum absolute atomic E-state index is 12.3. The molecule has 150 valence electrons. The number of sulfonamides is 1. The van der Waals surface area contributed by atoms with E-state index in [1.807, 2.05) is 0 Å². The minimum Gasteiger partial charge on any atom is -0.490 e. The van der Waals surface area contributed by atoms with Crippen molar-refractivity contribution in [1.29, 1.82) is 0 Å². The molecule has 1 aliphatic rings. The highest BCUT2D eigenvalue weighted by Crippen LogP contribution is 2.29. The Hall–Kier alpha value is -1.17. The van der Waals surface area contributed by atoms with Gasteiger partial charge in [-0.25, -0.2) is 13.1 Å². The van der Waals surface area contributed by atoms with Crippen molar-refractivity contribution in [3.05, 3.63) is 28.3 Å². The van der Waals surface area contributed by atoms with Crippen LogP contribution >= 0.6 is 24.8 Å². The van der Waals surface area contributed by atoms with Crippen LogP contribution in [0.4, 0.5) is 5.69 Å². The highest BCUT2D eigenvalue weighted by atomic mass is 35.5. The Labute approximate surface area is 165 Å². The Bertz CT molecular complexity index is 684. The van der Waals surface area contributed by atoms with Crippen LogP contribution < -0.4 is 14.8 Å². The third kappa shape index (κ3) is 6.86. The van der Waals surface area contributed by atoms with Gasteiger partial charge in [0, 0.05) is 44.9 Å². The standard InChI is InChI=1S/C14H22N4O5S.2ClH/c1-23-14-11-12(3-4-13(14)18(19)20)24(21,22)16-5-2-8-17-9-6-15-7-10-17;;/h3-4,11,15-16H,2,5-10H2,1H3;2*1H. The predicted molar refractivity (Wildman–Crippen MR) is 103 cm³/mol. The number of hydrogen-bond acceptors (Lipinski definition) is 7. The summed E-state index contributed by atoms with van der Waals surface area (Å²) in [6.45, 7) is 4.97. The molecule has 1 aliphatic heterocycles. The van der Waals surface area contributed by atoms with Crippen molar-refractivity contribution in [2.75, 3.05) is 46.4 Å². The largest absolute Gasteiger partial charge is 0.490 e. The van der Waals surface area contributed by atoms with Gasteiger partial charge in [-0.05, 0) is 19.0 Å². The lowest BCUT2D eigenvalue weighted by atomic mass is 10.3.